The van der Waals surface area contributed by atoms with Crippen molar-refractivity contribution < 1.29 is 10.2 Å². The van der Waals surface area contributed by atoms with Gasteiger partial charge < -0.3 is 10.2 Å². The summed E-state index contributed by atoms with van der Waals surface area (Å²) in [5.41, 5.74) is -0.118. The van der Waals surface area contributed by atoms with E-state index in [1.807, 2.05) is 48.6 Å². The fraction of sp³-hybridized carbons (Fsp3) is 0.286. The lowest BCUT2D eigenvalue weighted by molar-refractivity contribution is 0.0322. The van der Waals surface area contributed by atoms with E-state index >= 15 is 0 Å². The third-order valence-corrected chi connectivity index (χ3v) is 3.05. The Labute approximate surface area is 95.6 Å². The zero-order valence-corrected chi connectivity index (χ0v) is 9.08. The third kappa shape index (κ3) is 1.94. The van der Waals surface area contributed by atoms with Crippen LogP contribution in [0.3, 0.4) is 0 Å². The molecule has 2 heteroatoms. The molecule has 2 unspecified atom stereocenters. The predicted octanol–water partition coefficient (Wildman–Crippen LogP) is 2.00. The Morgan fingerprint density at radius 3 is 2.56 bits per heavy atom. The van der Waals surface area contributed by atoms with Gasteiger partial charge in [0.05, 0.1) is 0 Å². The van der Waals surface area contributed by atoms with Crippen molar-refractivity contribution in [3.8, 4) is 0 Å². The molecule has 2 N–H and O–H groups in total. The number of rotatable bonds is 3. The summed E-state index contributed by atoms with van der Waals surface area (Å²) in [6.45, 7) is 0.0813. The molecule has 0 saturated carbocycles. The van der Waals surface area contributed by atoms with Crippen LogP contribution in [0.5, 0.6) is 0 Å². The van der Waals surface area contributed by atoms with E-state index in [-0.39, 0.29) is 12.5 Å². The Hall–Kier alpha value is -1.38. The average molecular weight is 216 g/mol. The summed E-state index contributed by atoms with van der Waals surface area (Å²) in [6, 6.07) is 9.57. The van der Waals surface area contributed by atoms with Gasteiger partial charge >= 0.3 is 0 Å². The van der Waals surface area contributed by atoms with Crippen LogP contribution >= 0.6 is 0 Å². The van der Waals surface area contributed by atoms with Crippen LogP contribution < -0.4 is 0 Å². The Bertz CT molecular complexity index is 394. The van der Waals surface area contributed by atoms with E-state index < -0.39 is 5.60 Å². The van der Waals surface area contributed by atoms with E-state index in [4.69, 9.17) is 5.11 Å². The van der Waals surface area contributed by atoms with Crippen molar-refractivity contribution in [3.63, 3.8) is 0 Å². The van der Waals surface area contributed by atoms with E-state index in [2.05, 4.69) is 0 Å². The first kappa shape index (κ1) is 11.1. The summed E-state index contributed by atoms with van der Waals surface area (Å²) < 4.78 is 0. The summed E-state index contributed by atoms with van der Waals surface area (Å²) in [6.07, 6.45) is 8.07. The van der Waals surface area contributed by atoms with Gasteiger partial charge in [0.2, 0.25) is 0 Å². The quantitative estimate of drug-likeness (QED) is 0.811. The first-order valence-corrected chi connectivity index (χ1v) is 5.52. The highest BCUT2D eigenvalue weighted by atomic mass is 16.3. The lowest BCUT2D eigenvalue weighted by Crippen LogP contribution is -2.33. The van der Waals surface area contributed by atoms with Crippen molar-refractivity contribution in [2.24, 2.45) is 5.92 Å². The average Bonchev–Trinajstić information content (AvgIpc) is 2.34. The minimum atomic E-state index is -0.987. The first-order chi connectivity index (χ1) is 7.77. The number of benzene rings is 1. The van der Waals surface area contributed by atoms with E-state index in [9.17, 15) is 5.11 Å². The summed E-state index contributed by atoms with van der Waals surface area (Å²) >= 11 is 0. The van der Waals surface area contributed by atoms with E-state index in [0.29, 0.717) is 6.42 Å². The summed E-state index contributed by atoms with van der Waals surface area (Å²) in [5.74, 6) is -0.0649. The van der Waals surface area contributed by atoms with Crippen molar-refractivity contribution in [3.05, 3.63) is 60.2 Å². The molecule has 0 spiro atoms. The predicted molar refractivity (Wildman–Crippen MR) is 63.8 cm³/mol. The van der Waals surface area contributed by atoms with Gasteiger partial charge in [0.25, 0.3) is 0 Å². The number of aliphatic hydroxyl groups excluding tert-OH is 1. The van der Waals surface area contributed by atoms with Crippen LogP contribution in [0.1, 0.15) is 12.0 Å². The van der Waals surface area contributed by atoms with Crippen molar-refractivity contribution >= 4 is 0 Å². The number of hydrogen-bond acceptors (Lipinski definition) is 2. The molecule has 0 heterocycles. The van der Waals surface area contributed by atoms with Crippen LogP contribution in [0.15, 0.2) is 54.6 Å². The highest BCUT2D eigenvalue weighted by Crippen LogP contribution is 2.36. The summed E-state index contributed by atoms with van der Waals surface area (Å²) in [5, 5.41) is 19.7. The number of allylic oxidation sites excluding steroid dienone is 2. The molecule has 16 heavy (non-hydrogen) atoms. The second-order valence-corrected chi connectivity index (χ2v) is 4.05. The monoisotopic (exact) mass is 216 g/mol. The molecule has 1 aliphatic rings. The van der Waals surface area contributed by atoms with Gasteiger partial charge in [-0.1, -0.05) is 48.6 Å². The number of hydrogen-bond donors (Lipinski definition) is 2. The standard InChI is InChI=1S/C14H16O2/c15-11-9-13-8-4-5-10-14(13,16)12-6-2-1-3-7-12/h1-8,10,13,15-16H,9,11H2. The molecule has 2 rings (SSSR count). The molecule has 1 aromatic carbocycles. The van der Waals surface area contributed by atoms with Crippen LogP contribution in [-0.4, -0.2) is 16.8 Å². The maximum atomic E-state index is 10.7. The summed E-state index contributed by atoms with van der Waals surface area (Å²) in [4.78, 5) is 0. The van der Waals surface area contributed by atoms with Gasteiger partial charge in [0.1, 0.15) is 5.60 Å². The molecule has 0 radical (unpaired) electrons. The fourth-order valence-electron chi connectivity index (χ4n) is 2.14. The summed E-state index contributed by atoms with van der Waals surface area (Å²) in [7, 11) is 0. The van der Waals surface area contributed by atoms with Crippen molar-refractivity contribution in [2.45, 2.75) is 12.0 Å². The molecule has 0 amide bonds. The van der Waals surface area contributed by atoms with Gasteiger partial charge in [-0.2, -0.15) is 0 Å². The topological polar surface area (TPSA) is 40.5 Å². The molecule has 1 aliphatic carbocycles. The molecule has 84 valence electrons. The Balaban J connectivity index is 2.35. The van der Waals surface area contributed by atoms with Gasteiger partial charge in [0, 0.05) is 12.5 Å². The van der Waals surface area contributed by atoms with Crippen LogP contribution in [0.25, 0.3) is 0 Å². The molecule has 1 aromatic rings. The van der Waals surface area contributed by atoms with Gasteiger partial charge in [0.15, 0.2) is 0 Å². The normalized spacial score (nSPS) is 28.2. The molecule has 0 saturated heterocycles. The zero-order chi connectivity index (χ0) is 11.4. The smallest absolute Gasteiger partial charge is 0.114 e. The van der Waals surface area contributed by atoms with E-state index in [1.54, 1.807) is 6.08 Å². The molecule has 0 aromatic heterocycles. The largest absolute Gasteiger partial charge is 0.396 e. The maximum absolute atomic E-state index is 10.7. The maximum Gasteiger partial charge on any atom is 0.114 e. The highest BCUT2D eigenvalue weighted by molar-refractivity contribution is 5.34. The Kier molecular flexibility index (Phi) is 3.22. The van der Waals surface area contributed by atoms with E-state index in [1.165, 1.54) is 0 Å². The molecule has 2 nitrogen and oxygen atoms in total. The minimum absolute atomic E-state index is 0.0649. The molecular weight excluding hydrogens is 200 g/mol. The molecule has 0 fully saturated rings. The van der Waals surface area contributed by atoms with Crippen LogP contribution in [-0.2, 0) is 5.60 Å². The van der Waals surface area contributed by atoms with Gasteiger partial charge in [-0.15, -0.1) is 0 Å². The zero-order valence-electron chi connectivity index (χ0n) is 9.08. The Morgan fingerprint density at radius 1 is 1.12 bits per heavy atom. The van der Waals surface area contributed by atoms with Crippen LogP contribution in [0.2, 0.25) is 0 Å². The molecule has 0 bridgehead atoms. The SMILES string of the molecule is OCCC1C=CC=CC1(O)c1ccccc1. The third-order valence-electron chi connectivity index (χ3n) is 3.05. The van der Waals surface area contributed by atoms with Crippen LogP contribution in [0, 0.1) is 5.92 Å². The molecule has 0 aliphatic heterocycles. The number of aliphatic hydroxyl groups is 2. The van der Waals surface area contributed by atoms with Gasteiger partial charge in [-0.05, 0) is 18.1 Å². The molecule has 2 atom stereocenters. The van der Waals surface area contributed by atoms with Crippen molar-refractivity contribution in [2.75, 3.05) is 6.61 Å². The second kappa shape index (κ2) is 4.64. The van der Waals surface area contributed by atoms with Crippen LogP contribution in [0.4, 0.5) is 0 Å². The van der Waals surface area contributed by atoms with Crippen molar-refractivity contribution in [1.82, 2.24) is 0 Å². The second-order valence-electron chi connectivity index (χ2n) is 4.05. The van der Waals surface area contributed by atoms with Gasteiger partial charge in [-0.3, -0.25) is 0 Å². The highest BCUT2D eigenvalue weighted by Gasteiger charge is 2.34. The lowest BCUT2D eigenvalue weighted by atomic mass is 9.77. The Morgan fingerprint density at radius 2 is 1.88 bits per heavy atom. The fourth-order valence-corrected chi connectivity index (χ4v) is 2.14. The van der Waals surface area contributed by atoms with Gasteiger partial charge in [-0.25, -0.2) is 0 Å². The van der Waals surface area contributed by atoms with E-state index in [0.717, 1.165) is 5.56 Å². The molecular formula is C14H16O2. The minimum Gasteiger partial charge on any atom is -0.396 e. The first-order valence-electron chi connectivity index (χ1n) is 5.52. The van der Waals surface area contributed by atoms with Crippen molar-refractivity contribution in [1.29, 1.82) is 0 Å². The lowest BCUT2D eigenvalue weighted by Gasteiger charge is -2.34.